The van der Waals surface area contributed by atoms with Crippen molar-refractivity contribution in [3.8, 4) is 17.2 Å². The minimum absolute atomic E-state index is 0.0217. The van der Waals surface area contributed by atoms with E-state index in [4.69, 9.17) is 23.4 Å². The number of hydrogen-bond donors (Lipinski definition) is 2. The van der Waals surface area contributed by atoms with Crippen LogP contribution >= 0.6 is 12.6 Å². The highest BCUT2D eigenvalue weighted by atomic mass is 32.2. The van der Waals surface area contributed by atoms with Crippen molar-refractivity contribution >= 4 is 69.4 Å². The summed E-state index contributed by atoms with van der Waals surface area (Å²) >= 11 is 4.18. The van der Waals surface area contributed by atoms with E-state index in [1.54, 1.807) is 35.2 Å². The Morgan fingerprint density at radius 2 is 1.48 bits per heavy atom. The average Bonchev–Trinajstić information content (AvgIpc) is 3.78. The highest BCUT2D eigenvalue weighted by Gasteiger charge is 2.39. The Morgan fingerprint density at radius 1 is 0.810 bits per heavy atom. The zero-order valence-electron chi connectivity index (χ0n) is 35.0. The molecule has 15 heteroatoms. The minimum Gasteiger partial charge on any atom is -0.493 e. The fourth-order valence-electron chi connectivity index (χ4n) is 9.09. The first-order valence-corrected chi connectivity index (χ1v) is 22.9. The van der Waals surface area contributed by atoms with Gasteiger partial charge in [-0.05, 0) is 120 Å². The Labute approximate surface area is 371 Å². The summed E-state index contributed by atoms with van der Waals surface area (Å²) in [4.78, 5) is 49.9. The number of anilines is 3. The van der Waals surface area contributed by atoms with Crippen LogP contribution in [0.25, 0.3) is 0 Å². The normalized spacial score (nSPS) is 17.7. The summed E-state index contributed by atoms with van der Waals surface area (Å²) in [6, 6.07) is 28.2. The van der Waals surface area contributed by atoms with E-state index in [0.717, 1.165) is 53.6 Å². The Hall–Kier alpha value is -6.16. The molecule has 0 spiro atoms. The van der Waals surface area contributed by atoms with Crippen LogP contribution in [0.3, 0.4) is 0 Å². The maximum Gasteiger partial charge on any atom is 0.279 e. The average molecular weight is 887 g/mol. The third kappa shape index (κ3) is 8.05. The maximum atomic E-state index is 14.0. The van der Waals surface area contributed by atoms with Crippen LogP contribution in [0.4, 0.5) is 22.7 Å². The van der Waals surface area contributed by atoms with E-state index in [0.29, 0.717) is 63.7 Å². The summed E-state index contributed by atoms with van der Waals surface area (Å²) < 4.78 is 48.8. The lowest BCUT2D eigenvalue weighted by Crippen LogP contribution is -2.37. The van der Waals surface area contributed by atoms with Gasteiger partial charge in [-0.1, -0.05) is 36.4 Å². The SMILES string of the molecule is COc1cc2c(cc1OCc1cc(COc3cc4c(cc3C)C(=O)N3c5ccccc5C[C@H]3C=N4)cc(NC(=O)C(CCS)S(=O)(=O)OC)c1)CC[C@@H]1Cc3ccccc3N1C2=O. The second-order valence-electron chi connectivity index (χ2n) is 16.1. The molecule has 5 aromatic rings. The van der Waals surface area contributed by atoms with Gasteiger partial charge in [0, 0.05) is 47.4 Å². The van der Waals surface area contributed by atoms with E-state index in [1.165, 1.54) is 7.11 Å². The van der Waals surface area contributed by atoms with Crippen LogP contribution in [0.5, 0.6) is 17.2 Å². The molecule has 0 bridgehead atoms. The first-order valence-electron chi connectivity index (χ1n) is 20.8. The zero-order valence-corrected chi connectivity index (χ0v) is 36.7. The molecule has 4 aliphatic heterocycles. The number of rotatable bonds is 13. The van der Waals surface area contributed by atoms with Gasteiger partial charge >= 0.3 is 0 Å². The molecule has 0 fully saturated rings. The number of benzene rings is 5. The van der Waals surface area contributed by atoms with E-state index in [1.807, 2.05) is 72.6 Å². The van der Waals surface area contributed by atoms with Gasteiger partial charge in [-0.15, -0.1) is 0 Å². The first-order chi connectivity index (χ1) is 30.5. The molecule has 4 aliphatic rings. The van der Waals surface area contributed by atoms with E-state index in [9.17, 15) is 22.8 Å². The molecule has 4 heterocycles. The number of aryl methyl sites for hydroxylation is 2. The predicted molar refractivity (Wildman–Crippen MR) is 244 cm³/mol. The fourth-order valence-corrected chi connectivity index (χ4v) is 10.5. The lowest BCUT2D eigenvalue weighted by molar-refractivity contribution is -0.116. The summed E-state index contributed by atoms with van der Waals surface area (Å²) in [5.74, 6) is 0.510. The number of amides is 3. The van der Waals surface area contributed by atoms with Crippen LogP contribution in [0.2, 0.25) is 0 Å². The van der Waals surface area contributed by atoms with Gasteiger partial charge in [0.15, 0.2) is 16.7 Å². The molecule has 0 saturated carbocycles. The topological polar surface area (TPSA) is 153 Å². The molecule has 0 aromatic heterocycles. The molecule has 3 atom stereocenters. The number of thiol groups is 1. The number of nitrogens with zero attached hydrogens (tertiary/aromatic N) is 3. The smallest absolute Gasteiger partial charge is 0.279 e. The number of carbonyl (C=O) groups excluding carboxylic acids is 3. The van der Waals surface area contributed by atoms with E-state index >= 15 is 0 Å². The lowest BCUT2D eigenvalue weighted by Gasteiger charge is -2.23. The molecule has 13 nitrogen and oxygen atoms in total. The van der Waals surface area contributed by atoms with Gasteiger partial charge in [0.2, 0.25) is 5.91 Å². The van der Waals surface area contributed by atoms with Gasteiger partial charge < -0.3 is 24.4 Å². The summed E-state index contributed by atoms with van der Waals surface area (Å²) in [5, 5.41) is 1.27. The molecule has 5 aromatic carbocycles. The number of nitrogens with one attached hydrogen (secondary N) is 1. The van der Waals surface area contributed by atoms with Crippen molar-refractivity contribution < 1.29 is 41.2 Å². The Balaban J connectivity index is 0.986. The molecule has 1 unspecified atom stereocenters. The molecular weight excluding hydrogens is 841 g/mol. The van der Waals surface area contributed by atoms with Crippen LogP contribution in [0, 0.1) is 6.92 Å². The number of carbonyl (C=O) groups is 3. The van der Waals surface area contributed by atoms with Crippen molar-refractivity contribution in [1.82, 2.24) is 0 Å². The van der Waals surface area contributed by atoms with Gasteiger partial charge in [0.05, 0.1) is 31.5 Å². The van der Waals surface area contributed by atoms with Crippen molar-refractivity contribution in [3.05, 3.63) is 136 Å². The number of methoxy groups -OCH3 is 1. The summed E-state index contributed by atoms with van der Waals surface area (Å²) in [6.45, 7) is 1.93. The Bertz CT molecular complexity index is 2810. The number of para-hydroxylation sites is 2. The van der Waals surface area contributed by atoms with Gasteiger partial charge in [-0.3, -0.25) is 28.5 Å². The first kappa shape index (κ1) is 42.2. The molecule has 0 aliphatic carbocycles. The third-order valence-electron chi connectivity index (χ3n) is 12.2. The van der Waals surface area contributed by atoms with Gasteiger partial charge in [0.25, 0.3) is 21.9 Å². The number of aliphatic imine (C=N–C) groups is 1. The van der Waals surface area contributed by atoms with Crippen LogP contribution in [0.15, 0.2) is 96.0 Å². The molecular formula is C48H46N4O9S2. The van der Waals surface area contributed by atoms with Crippen molar-refractivity contribution in [2.24, 2.45) is 4.99 Å². The van der Waals surface area contributed by atoms with Crippen molar-refractivity contribution in [2.75, 3.05) is 35.1 Å². The molecule has 63 heavy (non-hydrogen) atoms. The van der Waals surface area contributed by atoms with Gasteiger partial charge in [0.1, 0.15) is 19.0 Å². The van der Waals surface area contributed by atoms with Gasteiger partial charge in [-0.2, -0.15) is 21.0 Å². The second kappa shape index (κ2) is 17.2. The quantitative estimate of drug-likeness (QED) is 0.0901. The number of fused-ring (bicyclic) bond motifs is 8. The number of ether oxygens (including phenoxy) is 3. The maximum absolute atomic E-state index is 14.0. The molecule has 0 radical (unpaired) electrons. The third-order valence-corrected chi connectivity index (χ3v) is 14.0. The minimum atomic E-state index is -4.22. The van der Waals surface area contributed by atoms with Crippen LogP contribution < -0.4 is 29.3 Å². The van der Waals surface area contributed by atoms with E-state index < -0.39 is 21.3 Å². The Kier molecular flexibility index (Phi) is 11.5. The van der Waals surface area contributed by atoms with Crippen LogP contribution in [-0.4, -0.2) is 69.7 Å². The van der Waals surface area contributed by atoms with Crippen LogP contribution in [0.1, 0.15) is 66.9 Å². The monoisotopic (exact) mass is 886 g/mol. The molecule has 324 valence electrons. The second-order valence-corrected chi connectivity index (χ2v) is 18.4. The Morgan fingerprint density at radius 3 is 2.17 bits per heavy atom. The molecule has 0 saturated heterocycles. The van der Waals surface area contributed by atoms with Crippen molar-refractivity contribution in [1.29, 1.82) is 0 Å². The van der Waals surface area contributed by atoms with E-state index in [-0.39, 0.29) is 49.3 Å². The number of hydrogen-bond acceptors (Lipinski definition) is 11. The molecule has 3 amide bonds. The van der Waals surface area contributed by atoms with Crippen molar-refractivity contribution in [3.63, 3.8) is 0 Å². The molecule has 9 rings (SSSR count). The largest absolute Gasteiger partial charge is 0.493 e. The fraction of sp³-hybridized carbons (Fsp3) is 0.292. The summed E-state index contributed by atoms with van der Waals surface area (Å²) in [7, 11) is -1.68. The standard InChI is InChI=1S/C48H46N4O9S2/c1-28-16-38-39(49-25-36-21-33-9-5-7-11-41(33)52(36)48(38)55)24-42(28)60-26-29-17-30(19-34(18-29)50-46(53)45(14-15-62)63(56,57)59-3)27-61-44-22-31-12-13-35-20-32-8-4-6-10-40(32)51(35)47(54)37(31)23-43(44)58-2/h4-11,16-19,22-25,35-36,45,62H,12-15,20-21,26-27H2,1-3H3,(H,50,53)/t35-,36+,45?/m1/s1. The van der Waals surface area contributed by atoms with E-state index in [2.05, 4.69) is 24.0 Å². The summed E-state index contributed by atoms with van der Waals surface area (Å²) in [6.07, 6.45) is 4.69. The molecule has 1 N–H and O–H groups in total. The van der Waals surface area contributed by atoms with Gasteiger partial charge in [-0.25, -0.2) is 0 Å². The van der Waals surface area contributed by atoms with Crippen LogP contribution in [-0.2, 0) is 51.6 Å². The highest BCUT2D eigenvalue weighted by molar-refractivity contribution is 7.88. The predicted octanol–water partition coefficient (Wildman–Crippen LogP) is 7.57. The zero-order chi connectivity index (χ0) is 44.0. The summed E-state index contributed by atoms with van der Waals surface area (Å²) in [5.41, 5.74) is 8.80. The lowest BCUT2D eigenvalue weighted by atomic mass is 9.99. The van der Waals surface area contributed by atoms with Crippen molar-refractivity contribution in [2.45, 2.75) is 69.6 Å². The highest BCUT2D eigenvalue weighted by Crippen LogP contribution is 2.42.